The van der Waals surface area contributed by atoms with Crippen LogP contribution >= 0.6 is 0 Å². The first kappa shape index (κ1) is 80.6. The van der Waals surface area contributed by atoms with Gasteiger partial charge in [-0.1, -0.05) is 98.9 Å². The monoisotopic (exact) mass is 1370 g/mol. The average Bonchev–Trinajstić information content (AvgIpc) is 0.821. The summed E-state index contributed by atoms with van der Waals surface area (Å²) in [4.78, 5) is 41.2. The van der Waals surface area contributed by atoms with Crippen LogP contribution in [0.1, 0.15) is 98.3 Å². The first-order valence-electron chi connectivity index (χ1n) is 33.1. The number of fused-ring (bicyclic) bond motifs is 2. The van der Waals surface area contributed by atoms with E-state index in [9.17, 15) is 101 Å². The second kappa shape index (κ2) is 38.4. The molecule has 30 heteroatoms. The van der Waals surface area contributed by atoms with E-state index in [1.165, 1.54) is 19.1 Å². The highest BCUT2D eigenvalue weighted by Gasteiger charge is 2.55. The normalized spacial score (nSPS) is 45.2. The molecule has 546 valence electrons. The van der Waals surface area contributed by atoms with Gasteiger partial charge in [0, 0.05) is 63.6 Å². The summed E-state index contributed by atoms with van der Waals surface area (Å²) in [6.07, 6.45) is -12.7. The lowest BCUT2D eigenvalue weighted by Gasteiger charge is -2.48. The van der Waals surface area contributed by atoms with Gasteiger partial charge in [0.25, 0.3) is 0 Å². The molecular formula is C66H105N3O27. The number of hydrogen-bond donors (Lipinski definition) is 19. The number of nitrogens with one attached hydrogen (secondary N) is 2. The fourth-order valence-electron chi connectivity index (χ4n) is 12.5. The summed E-state index contributed by atoms with van der Waals surface area (Å²) >= 11 is 0. The molecule has 5 fully saturated rings. The minimum absolute atomic E-state index is 0.0244. The molecule has 0 radical (unpaired) electrons. The molecular weight excluding hydrogens is 1270 g/mol. The Kier molecular flexibility index (Phi) is 32.3. The number of amides is 2. The first-order valence-corrected chi connectivity index (χ1v) is 33.1. The van der Waals surface area contributed by atoms with Crippen LogP contribution in [0.15, 0.2) is 85.1 Å². The van der Waals surface area contributed by atoms with E-state index >= 15 is 0 Å². The van der Waals surface area contributed by atoms with Crippen molar-refractivity contribution in [3.8, 4) is 0 Å². The zero-order valence-electron chi connectivity index (χ0n) is 54.7. The van der Waals surface area contributed by atoms with Crippen LogP contribution in [0.25, 0.3) is 0 Å². The maximum atomic E-state index is 14.3. The molecule has 2 amide bonds. The number of likely N-dealkylation sites (tertiary alicyclic amines) is 1. The standard InChI is InChI=1S/C66H105N3O27/c1-36-19-15-13-11-9-7-5-6-8-10-12-14-16-20-43(93-63-57(83)53(55(81)39(4)92-63)68-35-66(89)61(86)60(47(77)34-90-66)95-64-59(85)58(84)56(82)49(33-70)94-64)30-48-52(62(87)67-24-18-26-69-25-17-21-50(69)78)46(76)32-65(88,96-48)31-42(73)28-45(75)44(74)23-22-40(71)27-41(72)29-51(79)91-38(3)37(2)54(36)80/h5-16,19-20,36-49,52-61,63-64,68,70-77,80-86,88-89H,17-18,21-35H2,1-4H3,(H,67,87)/b6-5+,9-7+,10-8+,13-11+,14-12+,19-15+,20-16+/t36-,37?,38-,39+,40+,41+,42-,43-,44+,45+,46-,47+,48?,49+,52?,53-,54+,55+,56+,57-,58-,59+,60+,61-,63?,64?,65+,66+/m0/s1. The van der Waals surface area contributed by atoms with E-state index in [0.717, 1.165) is 0 Å². The van der Waals surface area contributed by atoms with Crippen LogP contribution in [0, 0.1) is 17.8 Å². The molecule has 5 saturated heterocycles. The van der Waals surface area contributed by atoms with Crippen molar-refractivity contribution >= 4 is 17.8 Å². The van der Waals surface area contributed by atoms with Gasteiger partial charge in [-0.15, -0.1) is 0 Å². The van der Waals surface area contributed by atoms with Crippen LogP contribution < -0.4 is 10.6 Å². The zero-order valence-corrected chi connectivity index (χ0v) is 54.7. The number of carbonyl (C=O) groups excluding carboxylic acids is 3. The maximum absolute atomic E-state index is 14.3. The van der Waals surface area contributed by atoms with Gasteiger partial charge in [0.05, 0.1) is 105 Å². The number of allylic oxidation sites excluding steroid dienone is 12. The van der Waals surface area contributed by atoms with Crippen molar-refractivity contribution in [1.29, 1.82) is 0 Å². The highest BCUT2D eigenvalue weighted by Crippen LogP contribution is 2.39. The fraction of sp³-hybridized carbons (Fsp3) is 0.742. The molecule has 0 aliphatic carbocycles. The number of esters is 1. The second-order valence-corrected chi connectivity index (χ2v) is 26.2. The number of carbonyl (C=O) groups is 3. The number of hydrogen-bond acceptors (Lipinski definition) is 28. The van der Waals surface area contributed by atoms with Crippen LogP contribution in [0.2, 0.25) is 0 Å². The minimum atomic E-state index is -2.69. The Bertz CT molecular complexity index is 2610. The lowest BCUT2D eigenvalue weighted by molar-refractivity contribution is -0.368. The summed E-state index contributed by atoms with van der Waals surface area (Å²) in [6.45, 7) is 5.20. The summed E-state index contributed by atoms with van der Waals surface area (Å²) < 4.78 is 40.8. The molecule has 30 nitrogen and oxygen atoms in total. The lowest BCUT2D eigenvalue weighted by atomic mass is 9.82. The fourth-order valence-corrected chi connectivity index (χ4v) is 12.5. The number of aliphatic hydroxyl groups is 17. The zero-order chi connectivity index (χ0) is 70.6. The van der Waals surface area contributed by atoms with Gasteiger partial charge in [0.15, 0.2) is 18.4 Å². The van der Waals surface area contributed by atoms with Crippen LogP contribution in [-0.4, -0.2) is 301 Å². The van der Waals surface area contributed by atoms with Crippen LogP contribution in [0.5, 0.6) is 0 Å². The predicted molar refractivity (Wildman–Crippen MR) is 338 cm³/mol. The van der Waals surface area contributed by atoms with Gasteiger partial charge in [0.2, 0.25) is 17.6 Å². The van der Waals surface area contributed by atoms with Crippen molar-refractivity contribution in [3.63, 3.8) is 0 Å². The van der Waals surface area contributed by atoms with Gasteiger partial charge in [-0.05, 0) is 46.0 Å². The highest BCUT2D eigenvalue weighted by atomic mass is 16.7. The topological polar surface area (TPSA) is 487 Å². The Morgan fingerprint density at radius 3 is 1.92 bits per heavy atom. The average molecular weight is 1370 g/mol. The van der Waals surface area contributed by atoms with Gasteiger partial charge in [-0.25, -0.2) is 0 Å². The minimum Gasteiger partial charge on any atom is -0.462 e. The quantitative estimate of drug-likeness (QED) is 0.0617. The van der Waals surface area contributed by atoms with E-state index in [2.05, 4.69) is 10.6 Å². The van der Waals surface area contributed by atoms with E-state index in [1.54, 1.807) is 91.7 Å². The molecule has 6 aliphatic heterocycles. The van der Waals surface area contributed by atoms with Crippen LogP contribution in [0.4, 0.5) is 0 Å². The number of aliphatic hydroxyl groups excluding tert-OH is 15. The molecule has 0 aromatic rings. The molecule has 5 unspecified atom stereocenters. The molecule has 19 N–H and O–H groups in total. The maximum Gasteiger partial charge on any atom is 0.308 e. The van der Waals surface area contributed by atoms with E-state index in [1.807, 2.05) is 6.92 Å². The largest absolute Gasteiger partial charge is 0.462 e. The van der Waals surface area contributed by atoms with E-state index < -0.39 is 228 Å². The molecule has 6 heterocycles. The molecule has 6 rings (SSSR count). The van der Waals surface area contributed by atoms with Crippen molar-refractivity contribution in [2.24, 2.45) is 17.8 Å². The second-order valence-electron chi connectivity index (χ2n) is 26.2. The third kappa shape index (κ3) is 23.4. The Labute approximate surface area is 558 Å². The van der Waals surface area contributed by atoms with Crippen LogP contribution in [0.3, 0.4) is 0 Å². The third-order valence-electron chi connectivity index (χ3n) is 18.4. The molecule has 0 saturated carbocycles. The van der Waals surface area contributed by atoms with E-state index in [-0.39, 0.29) is 37.6 Å². The summed E-state index contributed by atoms with van der Waals surface area (Å²) in [7, 11) is 0. The number of rotatable bonds is 13. The van der Waals surface area contributed by atoms with Gasteiger partial charge < -0.3 is 136 Å². The summed E-state index contributed by atoms with van der Waals surface area (Å²) in [5.41, 5.74) is 0. The van der Waals surface area contributed by atoms with Crippen molar-refractivity contribution < 1.29 is 134 Å². The third-order valence-corrected chi connectivity index (χ3v) is 18.4. The summed E-state index contributed by atoms with van der Waals surface area (Å²) in [6, 6.07) is -1.49. The van der Waals surface area contributed by atoms with Crippen molar-refractivity contribution in [3.05, 3.63) is 85.1 Å². The SMILES string of the molecule is CC1[C@H](C)OC(=O)C[C@H](O)C[C@H](O)CC[C@@H](O)[C@H](O)C[C@H](O)C[C@]2(O)C[C@H](O)C(C(=O)NCCCN3CCCC3=O)C(C[C@@H](OC3O[C@H](C)[C@@H](O)[C@H](NC[C@@]4(O)OC[C@@H](O)[C@@H](OC5O[C@H](CO)[C@@H](O)[C@H](O)[C@H]5O)[C@@H]4O)[C@@H]3O)/C=C/C=C/C=C/C=C/C=C/C=C/C=C/[C@H](C)[C@H]1O)O2. The Balaban J connectivity index is 1.26. The van der Waals surface area contributed by atoms with Gasteiger partial charge in [-0.3, -0.25) is 14.4 Å². The number of nitrogens with zero attached hydrogens (tertiary/aromatic N) is 1. The summed E-state index contributed by atoms with van der Waals surface area (Å²) in [5.74, 6) is -8.95. The smallest absolute Gasteiger partial charge is 0.308 e. The van der Waals surface area contributed by atoms with Crippen molar-refractivity contribution in [1.82, 2.24) is 15.5 Å². The highest BCUT2D eigenvalue weighted by molar-refractivity contribution is 5.80. The molecule has 6 aliphatic rings. The molecule has 0 spiro atoms. The summed E-state index contributed by atoms with van der Waals surface area (Å²) in [5, 5.41) is 194. The molecule has 96 heavy (non-hydrogen) atoms. The van der Waals surface area contributed by atoms with Crippen molar-refractivity contribution in [2.75, 3.05) is 39.4 Å². The van der Waals surface area contributed by atoms with Gasteiger partial charge in [-0.2, -0.15) is 0 Å². The molecule has 2 bridgehead atoms. The number of cyclic esters (lactones) is 1. The molecule has 28 atom stereocenters. The van der Waals surface area contributed by atoms with E-state index in [4.69, 9.17) is 33.2 Å². The Morgan fingerprint density at radius 2 is 1.28 bits per heavy atom. The van der Waals surface area contributed by atoms with Crippen LogP contribution in [-0.2, 0) is 47.5 Å². The van der Waals surface area contributed by atoms with Gasteiger partial charge >= 0.3 is 5.97 Å². The molecule has 0 aromatic heterocycles. The lowest BCUT2D eigenvalue weighted by Crippen LogP contribution is -2.70. The predicted octanol–water partition coefficient (Wildman–Crippen LogP) is -3.99. The van der Waals surface area contributed by atoms with E-state index in [0.29, 0.717) is 32.4 Å². The first-order chi connectivity index (χ1) is 45.5. The van der Waals surface area contributed by atoms with Gasteiger partial charge in [0.1, 0.15) is 54.9 Å². The molecule has 0 aromatic carbocycles. The Hall–Kier alpha value is -4.37. The Morgan fingerprint density at radius 1 is 0.646 bits per heavy atom. The number of ether oxygens (including phenoxy) is 7. The van der Waals surface area contributed by atoms with Crippen molar-refractivity contribution in [2.45, 2.75) is 251 Å².